The second-order valence-corrected chi connectivity index (χ2v) is 5.64. The van der Waals surface area contributed by atoms with Gasteiger partial charge in [0.25, 0.3) is 0 Å². The van der Waals surface area contributed by atoms with Crippen LogP contribution in [0.4, 0.5) is 0 Å². The molecule has 0 radical (unpaired) electrons. The summed E-state index contributed by atoms with van der Waals surface area (Å²) >= 11 is 0. The molecule has 1 N–H and O–H groups in total. The van der Waals surface area contributed by atoms with Crippen LogP contribution in [0.3, 0.4) is 0 Å². The minimum absolute atomic E-state index is 0.783. The normalized spacial score (nSPS) is 14.8. The van der Waals surface area contributed by atoms with Crippen LogP contribution in [0.2, 0.25) is 0 Å². The van der Waals surface area contributed by atoms with Crippen molar-refractivity contribution in [2.24, 2.45) is 0 Å². The van der Waals surface area contributed by atoms with E-state index in [0.29, 0.717) is 0 Å². The van der Waals surface area contributed by atoms with E-state index in [1.807, 2.05) is 6.08 Å². The number of hydrogen-bond acceptors (Lipinski definition) is 2. The topological polar surface area (TPSA) is 15.3 Å². The lowest BCUT2D eigenvalue weighted by atomic mass is 10.1. The van der Waals surface area contributed by atoms with Crippen LogP contribution in [-0.4, -0.2) is 24.5 Å². The predicted octanol–water partition coefficient (Wildman–Crippen LogP) is 3.34. The molecule has 1 aliphatic carbocycles. The first-order valence-corrected chi connectivity index (χ1v) is 7.38. The molecule has 0 heterocycles. The maximum Gasteiger partial charge on any atom is 0.0230 e. The van der Waals surface area contributed by atoms with Gasteiger partial charge in [0.1, 0.15) is 0 Å². The number of allylic oxidation sites excluding steroid dienone is 1. The van der Waals surface area contributed by atoms with Gasteiger partial charge in [0, 0.05) is 19.1 Å². The Balaban J connectivity index is 1.77. The standard InChI is InChI=1S/C17H26N2/c1-3-4-5-11-19(2)14-16-8-6-7-15(12-16)13-18-17-9-10-17/h3,6-8,12,17-18H,1,4-5,9-11,13-14H2,2H3. The second-order valence-electron chi connectivity index (χ2n) is 5.64. The van der Waals surface area contributed by atoms with Gasteiger partial charge < -0.3 is 10.2 Å². The molecule has 2 nitrogen and oxygen atoms in total. The molecule has 19 heavy (non-hydrogen) atoms. The van der Waals surface area contributed by atoms with Gasteiger partial charge in [-0.15, -0.1) is 6.58 Å². The van der Waals surface area contributed by atoms with Crippen LogP contribution in [0.15, 0.2) is 36.9 Å². The maximum absolute atomic E-state index is 3.77. The summed E-state index contributed by atoms with van der Waals surface area (Å²) in [6.45, 7) is 6.95. The molecule has 1 aromatic rings. The van der Waals surface area contributed by atoms with Crippen molar-refractivity contribution in [2.45, 2.75) is 44.8 Å². The summed E-state index contributed by atoms with van der Waals surface area (Å²) in [5.41, 5.74) is 2.82. The van der Waals surface area contributed by atoms with Gasteiger partial charge in [-0.3, -0.25) is 0 Å². The Morgan fingerprint density at radius 1 is 1.37 bits per heavy atom. The quantitative estimate of drug-likeness (QED) is 0.540. The Morgan fingerprint density at radius 2 is 2.16 bits per heavy atom. The molecule has 2 rings (SSSR count). The van der Waals surface area contributed by atoms with Gasteiger partial charge in [0.05, 0.1) is 0 Å². The molecule has 1 aromatic carbocycles. The van der Waals surface area contributed by atoms with Gasteiger partial charge in [-0.05, 0) is 50.4 Å². The highest BCUT2D eigenvalue weighted by Gasteiger charge is 2.19. The highest BCUT2D eigenvalue weighted by atomic mass is 15.1. The summed E-state index contributed by atoms with van der Waals surface area (Å²) < 4.78 is 0. The van der Waals surface area contributed by atoms with Crippen molar-refractivity contribution >= 4 is 0 Å². The summed E-state index contributed by atoms with van der Waals surface area (Å²) in [7, 11) is 2.19. The number of unbranched alkanes of at least 4 members (excludes halogenated alkanes) is 1. The first-order valence-electron chi connectivity index (χ1n) is 7.38. The van der Waals surface area contributed by atoms with Crippen LogP contribution in [0, 0.1) is 0 Å². The van der Waals surface area contributed by atoms with Crippen molar-refractivity contribution in [3.63, 3.8) is 0 Å². The molecule has 104 valence electrons. The Labute approximate surface area is 117 Å². The third-order valence-corrected chi connectivity index (χ3v) is 3.56. The molecular weight excluding hydrogens is 232 g/mol. The van der Waals surface area contributed by atoms with Gasteiger partial charge in [-0.25, -0.2) is 0 Å². The third kappa shape index (κ3) is 5.58. The van der Waals surface area contributed by atoms with Gasteiger partial charge in [0.2, 0.25) is 0 Å². The molecule has 0 unspecified atom stereocenters. The number of rotatable bonds is 9. The van der Waals surface area contributed by atoms with E-state index in [9.17, 15) is 0 Å². The Hall–Kier alpha value is -1.12. The second kappa shape index (κ2) is 7.46. The summed E-state index contributed by atoms with van der Waals surface area (Å²) in [5.74, 6) is 0. The van der Waals surface area contributed by atoms with E-state index in [2.05, 4.69) is 48.1 Å². The zero-order valence-corrected chi connectivity index (χ0v) is 12.1. The van der Waals surface area contributed by atoms with Crippen LogP contribution in [0.25, 0.3) is 0 Å². The maximum atomic E-state index is 3.77. The van der Waals surface area contributed by atoms with Crippen LogP contribution in [0.1, 0.15) is 36.8 Å². The van der Waals surface area contributed by atoms with Crippen molar-refractivity contribution in [3.8, 4) is 0 Å². The van der Waals surface area contributed by atoms with Crippen molar-refractivity contribution in [1.82, 2.24) is 10.2 Å². The predicted molar refractivity (Wildman–Crippen MR) is 82.1 cm³/mol. The van der Waals surface area contributed by atoms with E-state index < -0.39 is 0 Å². The molecule has 1 fully saturated rings. The van der Waals surface area contributed by atoms with Gasteiger partial charge in [0.15, 0.2) is 0 Å². The fourth-order valence-corrected chi connectivity index (χ4v) is 2.28. The average molecular weight is 258 g/mol. The first-order chi connectivity index (χ1) is 9.28. The average Bonchev–Trinajstić information content (AvgIpc) is 3.21. The highest BCUT2D eigenvalue weighted by molar-refractivity contribution is 5.23. The first kappa shape index (κ1) is 14.3. The fourth-order valence-electron chi connectivity index (χ4n) is 2.28. The third-order valence-electron chi connectivity index (χ3n) is 3.56. The Morgan fingerprint density at radius 3 is 2.89 bits per heavy atom. The molecule has 1 aliphatic rings. The van der Waals surface area contributed by atoms with Gasteiger partial charge in [-0.2, -0.15) is 0 Å². The molecule has 1 saturated carbocycles. The summed E-state index contributed by atoms with van der Waals surface area (Å²) in [5, 5.41) is 3.57. The fraction of sp³-hybridized carbons (Fsp3) is 0.529. The van der Waals surface area contributed by atoms with E-state index in [0.717, 1.165) is 32.1 Å². The minimum atomic E-state index is 0.783. The highest BCUT2D eigenvalue weighted by Crippen LogP contribution is 2.19. The van der Waals surface area contributed by atoms with Crippen molar-refractivity contribution in [3.05, 3.63) is 48.0 Å². The molecule has 0 amide bonds. The number of nitrogens with one attached hydrogen (secondary N) is 1. The lowest BCUT2D eigenvalue weighted by Gasteiger charge is -2.16. The summed E-state index contributed by atoms with van der Waals surface area (Å²) in [4.78, 5) is 2.39. The van der Waals surface area contributed by atoms with Crippen LogP contribution >= 0.6 is 0 Å². The zero-order valence-electron chi connectivity index (χ0n) is 12.1. The van der Waals surface area contributed by atoms with Crippen LogP contribution < -0.4 is 5.32 Å². The van der Waals surface area contributed by atoms with E-state index in [-0.39, 0.29) is 0 Å². The molecule has 0 spiro atoms. The van der Waals surface area contributed by atoms with Crippen molar-refractivity contribution in [1.29, 1.82) is 0 Å². The van der Waals surface area contributed by atoms with Crippen molar-refractivity contribution in [2.75, 3.05) is 13.6 Å². The molecule has 0 saturated heterocycles. The van der Waals surface area contributed by atoms with Crippen molar-refractivity contribution < 1.29 is 0 Å². The molecule has 2 heteroatoms. The Kier molecular flexibility index (Phi) is 5.62. The summed E-state index contributed by atoms with van der Waals surface area (Å²) in [6, 6.07) is 9.74. The largest absolute Gasteiger partial charge is 0.310 e. The molecule has 0 bridgehead atoms. The Bertz CT molecular complexity index is 396. The van der Waals surface area contributed by atoms with Crippen LogP contribution in [0.5, 0.6) is 0 Å². The molecular formula is C17H26N2. The van der Waals surface area contributed by atoms with Gasteiger partial charge >= 0.3 is 0 Å². The molecule has 0 aromatic heterocycles. The number of nitrogens with zero attached hydrogens (tertiary/aromatic N) is 1. The minimum Gasteiger partial charge on any atom is -0.310 e. The summed E-state index contributed by atoms with van der Waals surface area (Å²) in [6.07, 6.45) is 7.01. The zero-order chi connectivity index (χ0) is 13.5. The van der Waals surface area contributed by atoms with Crippen LogP contribution in [-0.2, 0) is 13.1 Å². The lowest BCUT2D eigenvalue weighted by molar-refractivity contribution is 0.323. The van der Waals surface area contributed by atoms with Gasteiger partial charge in [-0.1, -0.05) is 30.3 Å². The monoisotopic (exact) mass is 258 g/mol. The smallest absolute Gasteiger partial charge is 0.0230 e. The lowest BCUT2D eigenvalue weighted by Crippen LogP contribution is -2.19. The molecule has 0 atom stereocenters. The molecule has 0 aliphatic heterocycles. The SMILES string of the molecule is C=CCCCN(C)Cc1cccc(CNC2CC2)c1. The number of benzene rings is 1. The number of hydrogen-bond donors (Lipinski definition) is 1. The van der Waals surface area contributed by atoms with E-state index >= 15 is 0 Å². The van der Waals surface area contributed by atoms with E-state index in [1.54, 1.807) is 0 Å². The van der Waals surface area contributed by atoms with E-state index in [4.69, 9.17) is 0 Å². The van der Waals surface area contributed by atoms with E-state index in [1.165, 1.54) is 30.4 Å².